The van der Waals surface area contributed by atoms with E-state index in [1.54, 1.807) is 6.92 Å². The number of hydrogen-bond donors (Lipinski definition) is 1. The van der Waals surface area contributed by atoms with E-state index in [1.807, 2.05) is 0 Å². The first-order valence-electron chi connectivity index (χ1n) is 7.26. The number of nitrogens with zero attached hydrogens (tertiary/aromatic N) is 3. The van der Waals surface area contributed by atoms with Gasteiger partial charge in [0.15, 0.2) is 0 Å². The number of carbonyl (C=O) groups is 1. The summed E-state index contributed by atoms with van der Waals surface area (Å²) in [6.45, 7) is 2.49. The van der Waals surface area contributed by atoms with Gasteiger partial charge in [0.25, 0.3) is 0 Å². The van der Waals surface area contributed by atoms with Gasteiger partial charge in [-0.25, -0.2) is 4.63 Å². The molecule has 6 heteroatoms. The van der Waals surface area contributed by atoms with Gasteiger partial charge in [0.1, 0.15) is 11.4 Å². The van der Waals surface area contributed by atoms with E-state index in [9.17, 15) is 4.79 Å². The second-order valence-corrected chi connectivity index (χ2v) is 5.93. The van der Waals surface area contributed by atoms with Crippen LogP contribution in [0.2, 0.25) is 0 Å². The molecule has 0 saturated heterocycles. The van der Waals surface area contributed by atoms with Crippen LogP contribution in [0.4, 0.5) is 0 Å². The van der Waals surface area contributed by atoms with Crippen LogP contribution in [0, 0.1) is 6.92 Å². The van der Waals surface area contributed by atoms with Crippen LogP contribution in [0.15, 0.2) is 4.63 Å². The van der Waals surface area contributed by atoms with Crippen molar-refractivity contribution in [3.63, 3.8) is 0 Å². The van der Waals surface area contributed by atoms with Gasteiger partial charge in [0.05, 0.1) is 6.42 Å². The number of aromatic nitrogens is 2. The number of hydrogen-bond acceptors (Lipinski definition) is 5. The minimum atomic E-state index is -0.0180. The number of amides is 1. The van der Waals surface area contributed by atoms with E-state index in [0.29, 0.717) is 17.9 Å². The summed E-state index contributed by atoms with van der Waals surface area (Å²) in [6, 6.07) is 0. The molecule has 1 aromatic rings. The molecule has 1 aliphatic carbocycles. The highest BCUT2D eigenvalue weighted by Gasteiger charge is 2.34. The van der Waals surface area contributed by atoms with E-state index in [-0.39, 0.29) is 17.9 Å². The molecule has 0 aromatic carbocycles. The molecule has 1 heterocycles. The van der Waals surface area contributed by atoms with E-state index in [0.717, 1.165) is 12.8 Å². The molecule has 1 fully saturated rings. The molecule has 20 heavy (non-hydrogen) atoms. The second-order valence-electron chi connectivity index (χ2n) is 5.93. The molecule has 1 aliphatic rings. The molecule has 112 valence electrons. The molecule has 1 N–H and O–H groups in total. The fourth-order valence-corrected chi connectivity index (χ4v) is 2.88. The van der Waals surface area contributed by atoms with Gasteiger partial charge in [0.2, 0.25) is 5.91 Å². The van der Waals surface area contributed by atoms with Crippen LogP contribution in [0.1, 0.15) is 43.5 Å². The SMILES string of the molecule is Cc1nonc1CC(=O)NCC1(N(C)C)CCCCC1. The van der Waals surface area contributed by atoms with Crippen LogP contribution in [0.3, 0.4) is 0 Å². The number of carbonyl (C=O) groups excluding carboxylic acids is 1. The Bertz CT molecular complexity index is 450. The maximum Gasteiger partial charge on any atom is 0.226 e. The number of aryl methyl sites for hydroxylation is 1. The largest absolute Gasteiger partial charge is 0.354 e. The summed E-state index contributed by atoms with van der Waals surface area (Å²) in [6.07, 6.45) is 6.29. The maximum absolute atomic E-state index is 12.0. The van der Waals surface area contributed by atoms with Gasteiger partial charge in [0, 0.05) is 12.1 Å². The van der Waals surface area contributed by atoms with Gasteiger partial charge >= 0.3 is 0 Å². The molecule has 1 amide bonds. The Morgan fingerprint density at radius 3 is 2.55 bits per heavy atom. The lowest BCUT2D eigenvalue weighted by Crippen LogP contribution is -2.54. The lowest BCUT2D eigenvalue weighted by Gasteiger charge is -2.43. The van der Waals surface area contributed by atoms with E-state index in [1.165, 1.54) is 19.3 Å². The van der Waals surface area contributed by atoms with Crippen LogP contribution in [-0.4, -0.2) is 47.3 Å². The Labute approximate surface area is 119 Å². The highest BCUT2D eigenvalue weighted by Crippen LogP contribution is 2.31. The molecule has 0 spiro atoms. The van der Waals surface area contributed by atoms with Crippen LogP contribution in [0.5, 0.6) is 0 Å². The molecule has 0 unspecified atom stereocenters. The van der Waals surface area contributed by atoms with Crippen LogP contribution >= 0.6 is 0 Å². The minimum Gasteiger partial charge on any atom is -0.354 e. The zero-order valence-electron chi connectivity index (χ0n) is 12.6. The zero-order valence-corrected chi connectivity index (χ0v) is 12.6. The molecular formula is C14H24N4O2. The summed E-state index contributed by atoms with van der Waals surface area (Å²) in [7, 11) is 4.20. The maximum atomic E-state index is 12.0. The van der Waals surface area contributed by atoms with Crippen molar-refractivity contribution in [2.24, 2.45) is 0 Å². The van der Waals surface area contributed by atoms with Crippen molar-refractivity contribution in [3.8, 4) is 0 Å². The Kier molecular flexibility index (Phi) is 4.75. The second kappa shape index (κ2) is 6.35. The van der Waals surface area contributed by atoms with Crippen LogP contribution in [-0.2, 0) is 11.2 Å². The topological polar surface area (TPSA) is 71.3 Å². The molecule has 2 rings (SSSR count). The average Bonchev–Trinajstić information content (AvgIpc) is 2.83. The fraction of sp³-hybridized carbons (Fsp3) is 0.786. The molecule has 0 atom stereocenters. The Morgan fingerprint density at radius 1 is 1.30 bits per heavy atom. The summed E-state index contributed by atoms with van der Waals surface area (Å²) in [5, 5.41) is 10.5. The van der Waals surface area contributed by atoms with Crippen molar-refractivity contribution in [2.75, 3.05) is 20.6 Å². The fourth-order valence-electron chi connectivity index (χ4n) is 2.88. The Hall–Kier alpha value is -1.43. The summed E-state index contributed by atoms with van der Waals surface area (Å²) in [5.74, 6) is -0.0180. The summed E-state index contributed by atoms with van der Waals surface area (Å²) >= 11 is 0. The molecule has 1 aromatic heterocycles. The quantitative estimate of drug-likeness (QED) is 0.880. The first kappa shape index (κ1) is 15.0. The molecule has 1 saturated carbocycles. The highest BCUT2D eigenvalue weighted by molar-refractivity contribution is 5.78. The van der Waals surface area contributed by atoms with Gasteiger partial charge in [-0.2, -0.15) is 0 Å². The zero-order chi connectivity index (χ0) is 14.6. The highest BCUT2D eigenvalue weighted by atomic mass is 16.6. The Balaban J connectivity index is 1.89. The molecular weight excluding hydrogens is 256 g/mol. The van der Waals surface area contributed by atoms with Crippen molar-refractivity contribution in [1.82, 2.24) is 20.5 Å². The first-order chi connectivity index (χ1) is 9.53. The third kappa shape index (κ3) is 3.36. The van der Waals surface area contributed by atoms with Crippen molar-refractivity contribution in [2.45, 2.75) is 51.0 Å². The van der Waals surface area contributed by atoms with Crippen molar-refractivity contribution >= 4 is 5.91 Å². The molecule has 6 nitrogen and oxygen atoms in total. The van der Waals surface area contributed by atoms with Gasteiger partial charge in [-0.05, 0) is 33.9 Å². The number of nitrogens with one attached hydrogen (secondary N) is 1. The summed E-state index contributed by atoms with van der Waals surface area (Å²) in [5.41, 5.74) is 1.40. The molecule has 0 aliphatic heterocycles. The van der Waals surface area contributed by atoms with Gasteiger partial charge in [-0.15, -0.1) is 0 Å². The minimum absolute atomic E-state index is 0.0180. The molecule has 0 bridgehead atoms. The van der Waals surface area contributed by atoms with Crippen LogP contribution < -0.4 is 5.32 Å². The third-order valence-corrected chi connectivity index (χ3v) is 4.42. The first-order valence-corrected chi connectivity index (χ1v) is 7.26. The molecule has 0 radical (unpaired) electrons. The van der Waals surface area contributed by atoms with E-state index >= 15 is 0 Å². The summed E-state index contributed by atoms with van der Waals surface area (Å²) < 4.78 is 4.61. The lowest BCUT2D eigenvalue weighted by atomic mass is 9.80. The predicted octanol–water partition coefficient (Wildman–Crippen LogP) is 1.30. The third-order valence-electron chi connectivity index (χ3n) is 4.42. The van der Waals surface area contributed by atoms with Crippen molar-refractivity contribution in [3.05, 3.63) is 11.4 Å². The van der Waals surface area contributed by atoms with Gasteiger partial charge in [-0.1, -0.05) is 29.6 Å². The average molecular weight is 280 g/mol. The predicted molar refractivity (Wildman–Crippen MR) is 75.3 cm³/mol. The number of likely N-dealkylation sites (N-methyl/N-ethyl adjacent to an activating group) is 1. The van der Waals surface area contributed by atoms with Gasteiger partial charge < -0.3 is 10.2 Å². The Morgan fingerprint density at radius 2 is 2.00 bits per heavy atom. The smallest absolute Gasteiger partial charge is 0.226 e. The van der Waals surface area contributed by atoms with Gasteiger partial charge in [-0.3, -0.25) is 4.79 Å². The van der Waals surface area contributed by atoms with Crippen molar-refractivity contribution < 1.29 is 9.42 Å². The van der Waals surface area contributed by atoms with Crippen LogP contribution in [0.25, 0.3) is 0 Å². The number of rotatable bonds is 5. The van der Waals surface area contributed by atoms with Crippen molar-refractivity contribution in [1.29, 1.82) is 0 Å². The van der Waals surface area contributed by atoms with E-state index in [2.05, 4.69) is 39.3 Å². The standard InChI is InChI=1S/C14H24N4O2/c1-11-12(17-20-16-11)9-13(19)15-10-14(18(2)3)7-5-4-6-8-14/h4-10H2,1-3H3,(H,15,19). The monoisotopic (exact) mass is 280 g/mol. The van der Waals surface area contributed by atoms with E-state index < -0.39 is 0 Å². The van der Waals surface area contributed by atoms with E-state index in [4.69, 9.17) is 0 Å². The lowest BCUT2D eigenvalue weighted by molar-refractivity contribution is -0.121. The summed E-state index contributed by atoms with van der Waals surface area (Å²) in [4.78, 5) is 14.3. The normalized spacial score (nSPS) is 18.2.